The van der Waals surface area contributed by atoms with Gasteiger partial charge in [0.15, 0.2) is 0 Å². The average Bonchev–Trinajstić information content (AvgIpc) is 2.29. The third-order valence-electron chi connectivity index (χ3n) is 2.84. The molecule has 94 valence electrons. The van der Waals surface area contributed by atoms with Gasteiger partial charge in [-0.1, -0.05) is 18.6 Å². The van der Waals surface area contributed by atoms with Crippen LogP contribution in [0.2, 0.25) is 0 Å². The minimum atomic E-state index is -3.43. The van der Waals surface area contributed by atoms with Crippen LogP contribution in [0.4, 0.5) is 0 Å². The largest absolute Gasteiger partial charge is 0.383 e. The molecular weight excluding hydrogens is 238 g/mol. The van der Waals surface area contributed by atoms with Gasteiger partial charge in [-0.2, -0.15) is 8.42 Å². The van der Waals surface area contributed by atoms with Crippen LogP contribution in [0.25, 0.3) is 0 Å². The van der Waals surface area contributed by atoms with Crippen LogP contribution < -0.4 is 9.50 Å². The van der Waals surface area contributed by atoms with Gasteiger partial charge < -0.3 is 9.50 Å². The molecule has 1 unspecified atom stereocenters. The third-order valence-corrected chi connectivity index (χ3v) is 3.34. The van der Waals surface area contributed by atoms with Crippen molar-refractivity contribution in [3.63, 3.8) is 0 Å². The maximum absolute atomic E-state index is 11.0. The Bertz CT molecular complexity index is 461. The van der Waals surface area contributed by atoms with Gasteiger partial charge in [0, 0.05) is 6.04 Å². The van der Waals surface area contributed by atoms with E-state index in [-0.39, 0.29) is 0 Å². The molecule has 1 fully saturated rings. The third kappa shape index (κ3) is 3.71. The highest BCUT2D eigenvalue weighted by Gasteiger charge is 2.14. The van der Waals surface area contributed by atoms with Gasteiger partial charge in [-0.15, -0.1) is 0 Å². The molecule has 1 N–H and O–H groups in total. The number of hydrogen-bond donors (Lipinski definition) is 1. The number of hydrogen-bond acceptors (Lipinski definition) is 4. The summed E-state index contributed by atoms with van der Waals surface area (Å²) in [7, 11) is -3.43. The zero-order valence-corrected chi connectivity index (χ0v) is 10.7. The van der Waals surface area contributed by atoms with Gasteiger partial charge in [-0.3, -0.25) is 0 Å². The van der Waals surface area contributed by atoms with Crippen molar-refractivity contribution in [2.24, 2.45) is 0 Å². The molecule has 2 rings (SSSR count). The molecule has 1 aromatic rings. The summed E-state index contributed by atoms with van der Waals surface area (Å²) in [6.07, 6.45) is 4.64. The summed E-state index contributed by atoms with van der Waals surface area (Å²) in [6, 6.07) is 7.63. The van der Waals surface area contributed by atoms with E-state index in [1.54, 1.807) is 12.1 Å². The van der Waals surface area contributed by atoms with Crippen LogP contribution >= 0.6 is 0 Å². The minimum absolute atomic E-state index is 0.368. The van der Waals surface area contributed by atoms with Crippen molar-refractivity contribution >= 4 is 10.1 Å². The molecule has 4 nitrogen and oxygen atoms in total. The second-order valence-electron chi connectivity index (χ2n) is 4.36. The van der Waals surface area contributed by atoms with E-state index in [1.165, 1.54) is 18.4 Å². The highest BCUT2D eigenvalue weighted by atomic mass is 32.2. The molecule has 0 saturated carbocycles. The molecule has 0 spiro atoms. The van der Waals surface area contributed by atoms with Gasteiger partial charge in [-0.05, 0) is 37.1 Å². The molecule has 0 aromatic heterocycles. The Balaban J connectivity index is 2.07. The maximum atomic E-state index is 11.0. The van der Waals surface area contributed by atoms with Gasteiger partial charge in [0.2, 0.25) is 0 Å². The molecule has 1 heterocycles. The Morgan fingerprint density at radius 3 is 2.47 bits per heavy atom. The Hall–Kier alpha value is -1.07. The predicted octanol–water partition coefficient (Wildman–Crippen LogP) is 1.84. The quantitative estimate of drug-likeness (QED) is 0.837. The van der Waals surface area contributed by atoms with Crippen molar-refractivity contribution in [2.45, 2.75) is 25.3 Å². The van der Waals surface area contributed by atoms with E-state index in [0.717, 1.165) is 19.2 Å². The molecule has 5 heteroatoms. The number of nitrogens with one attached hydrogen (secondary N) is 1. The first-order valence-corrected chi connectivity index (χ1v) is 7.59. The highest BCUT2D eigenvalue weighted by Crippen LogP contribution is 2.24. The SMILES string of the molecule is CS(=O)(=O)Oc1ccc(C2CCCCN2)cc1. The van der Waals surface area contributed by atoms with Gasteiger partial charge in [0.1, 0.15) is 5.75 Å². The van der Waals surface area contributed by atoms with Crippen LogP contribution in [0.15, 0.2) is 24.3 Å². The number of rotatable bonds is 3. The van der Waals surface area contributed by atoms with Crippen LogP contribution in [-0.4, -0.2) is 21.2 Å². The summed E-state index contributed by atoms with van der Waals surface area (Å²) in [5.74, 6) is 0.368. The molecule has 0 radical (unpaired) electrons. The van der Waals surface area contributed by atoms with Crippen molar-refractivity contribution in [3.05, 3.63) is 29.8 Å². The molecule has 0 bridgehead atoms. The number of piperidine rings is 1. The average molecular weight is 255 g/mol. The maximum Gasteiger partial charge on any atom is 0.306 e. The molecule has 0 amide bonds. The standard InChI is InChI=1S/C12H17NO3S/c1-17(14,15)16-11-7-5-10(6-8-11)12-4-2-3-9-13-12/h5-8,12-13H,2-4,9H2,1H3. The molecule has 17 heavy (non-hydrogen) atoms. The lowest BCUT2D eigenvalue weighted by molar-refractivity contribution is 0.412. The van der Waals surface area contributed by atoms with Gasteiger partial charge in [0.25, 0.3) is 0 Å². The second-order valence-corrected chi connectivity index (χ2v) is 5.93. The van der Waals surface area contributed by atoms with Crippen molar-refractivity contribution in [3.8, 4) is 5.75 Å². The van der Waals surface area contributed by atoms with Crippen molar-refractivity contribution in [1.82, 2.24) is 5.32 Å². The van der Waals surface area contributed by atoms with Gasteiger partial charge in [-0.25, -0.2) is 0 Å². The van der Waals surface area contributed by atoms with Crippen LogP contribution in [-0.2, 0) is 10.1 Å². The second kappa shape index (κ2) is 5.06. The first-order chi connectivity index (χ1) is 8.04. The Morgan fingerprint density at radius 2 is 1.94 bits per heavy atom. The van der Waals surface area contributed by atoms with E-state index in [4.69, 9.17) is 4.18 Å². The van der Waals surface area contributed by atoms with Gasteiger partial charge >= 0.3 is 10.1 Å². The van der Waals surface area contributed by atoms with E-state index in [1.807, 2.05) is 12.1 Å². The summed E-state index contributed by atoms with van der Waals surface area (Å²) in [4.78, 5) is 0. The van der Waals surface area contributed by atoms with Crippen LogP contribution in [0, 0.1) is 0 Å². The van der Waals surface area contributed by atoms with E-state index in [9.17, 15) is 8.42 Å². The fourth-order valence-electron chi connectivity index (χ4n) is 2.07. The van der Waals surface area contributed by atoms with E-state index in [0.29, 0.717) is 11.8 Å². The number of benzene rings is 1. The summed E-state index contributed by atoms with van der Waals surface area (Å²) < 4.78 is 26.7. The topological polar surface area (TPSA) is 55.4 Å². The predicted molar refractivity (Wildman–Crippen MR) is 66.5 cm³/mol. The van der Waals surface area contributed by atoms with E-state index < -0.39 is 10.1 Å². The smallest absolute Gasteiger partial charge is 0.306 e. The molecule has 1 aliphatic heterocycles. The summed E-state index contributed by atoms with van der Waals surface area (Å²) >= 11 is 0. The summed E-state index contributed by atoms with van der Waals surface area (Å²) in [5.41, 5.74) is 1.19. The minimum Gasteiger partial charge on any atom is -0.383 e. The first kappa shape index (κ1) is 12.4. The van der Waals surface area contributed by atoms with Crippen molar-refractivity contribution in [2.75, 3.05) is 12.8 Å². The summed E-state index contributed by atoms with van der Waals surface area (Å²) in [6.45, 7) is 1.05. The van der Waals surface area contributed by atoms with Crippen molar-refractivity contribution in [1.29, 1.82) is 0 Å². The van der Waals surface area contributed by atoms with Crippen LogP contribution in [0.1, 0.15) is 30.9 Å². The Kier molecular flexibility index (Phi) is 3.69. The fourth-order valence-corrected chi connectivity index (χ4v) is 2.53. The lowest BCUT2D eigenvalue weighted by Gasteiger charge is -2.23. The molecule has 0 aliphatic carbocycles. The Labute approximate surface area is 102 Å². The summed E-state index contributed by atoms with van der Waals surface area (Å²) in [5, 5.41) is 3.44. The zero-order valence-electron chi connectivity index (χ0n) is 9.85. The highest BCUT2D eigenvalue weighted by molar-refractivity contribution is 7.86. The normalized spacial score (nSPS) is 21.1. The molecule has 1 aromatic carbocycles. The lowest BCUT2D eigenvalue weighted by Crippen LogP contribution is -2.26. The van der Waals surface area contributed by atoms with Gasteiger partial charge in [0.05, 0.1) is 6.26 Å². The fraction of sp³-hybridized carbons (Fsp3) is 0.500. The van der Waals surface area contributed by atoms with Crippen molar-refractivity contribution < 1.29 is 12.6 Å². The van der Waals surface area contributed by atoms with E-state index >= 15 is 0 Å². The molecule has 1 saturated heterocycles. The first-order valence-electron chi connectivity index (χ1n) is 5.77. The Morgan fingerprint density at radius 1 is 1.24 bits per heavy atom. The molecular formula is C12H17NO3S. The van der Waals surface area contributed by atoms with Crippen LogP contribution in [0.3, 0.4) is 0 Å². The zero-order chi connectivity index (χ0) is 12.3. The lowest BCUT2D eigenvalue weighted by atomic mass is 9.98. The molecule has 1 atom stereocenters. The monoisotopic (exact) mass is 255 g/mol. The van der Waals surface area contributed by atoms with Crippen LogP contribution in [0.5, 0.6) is 5.75 Å². The van der Waals surface area contributed by atoms with E-state index in [2.05, 4.69) is 5.32 Å². The molecule has 1 aliphatic rings.